The highest BCUT2D eigenvalue weighted by Crippen LogP contribution is 1.90. The van der Waals surface area contributed by atoms with Crippen LogP contribution in [0.25, 0.3) is 0 Å². The summed E-state index contributed by atoms with van der Waals surface area (Å²) in [6.07, 6.45) is 1.32. The van der Waals surface area contributed by atoms with Crippen LogP contribution in [0.2, 0.25) is 0 Å². The molecule has 0 saturated heterocycles. The lowest BCUT2D eigenvalue weighted by Gasteiger charge is -1.83. The van der Waals surface area contributed by atoms with Crippen LogP contribution in [0.4, 0.5) is 0 Å². The van der Waals surface area contributed by atoms with E-state index in [1.807, 2.05) is 0 Å². The van der Waals surface area contributed by atoms with Gasteiger partial charge >= 0.3 is 0 Å². The second kappa shape index (κ2) is 1.96. The Balaban J connectivity index is 2.89. The van der Waals surface area contributed by atoms with Crippen molar-refractivity contribution in [3.05, 3.63) is 18.0 Å². The molecule has 1 rings (SSSR count). The van der Waals surface area contributed by atoms with Crippen molar-refractivity contribution in [3.8, 4) is 0 Å². The van der Waals surface area contributed by atoms with Gasteiger partial charge < -0.3 is 5.11 Å². The summed E-state index contributed by atoms with van der Waals surface area (Å²) >= 11 is 0. The smallest absolute Gasteiger partial charge is 0.0878 e. The van der Waals surface area contributed by atoms with Crippen LogP contribution in [0, 0.1) is 0 Å². The third kappa shape index (κ3) is 0.869. The Labute approximate surface area is 51.8 Å². The molecule has 0 saturated carbocycles. The van der Waals surface area contributed by atoms with Gasteiger partial charge in [0.1, 0.15) is 0 Å². The largest absolute Gasteiger partial charge is 0.390 e. The lowest BCUT2D eigenvalue weighted by molar-refractivity contribution is 0.275. The molecule has 1 N–H and O–H groups in total. The number of aryl methyl sites for hydroxylation is 1. The summed E-state index contributed by atoms with van der Waals surface area (Å²) in [7, 11) is 0. The van der Waals surface area contributed by atoms with E-state index in [0.29, 0.717) is 5.69 Å². The van der Waals surface area contributed by atoms with E-state index in [9.17, 15) is 0 Å². The number of rotatable bonds is 1. The SMILES string of the molecule is [2H]C([2H])([2H])n1ccc(CO)n1. The predicted molar refractivity (Wildman–Crippen MR) is 29.1 cm³/mol. The van der Waals surface area contributed by atoms with Gasteiger partial charge in [0.05, 0.1) is 12.3 Å². The van der Waals surface area contributed by atoms with Crippen molar-refractivity contribution in [2.75, 3.05) is 0 Å². The van der Waals surface area contributed by atoms with Crippen LogP contribution >= 0.6 is 0 Å². The van der Waals surface area contributed by atoms with Crippen molar-refractivity contribution in [1.29, 1.82) is 0 Å². The lowest BCUT2D eigenvalue weighted by Crippen LogP contribution is -1.89. The maximum atomic E-state index is 8.56. The van der Waals surface area contributed by atoms with Gasteiger partial charge in [-0.05, 0) is 6.07 Å². The van der Waals surface area contributed by atoms with Gasteiger partial charge in [-0.1, -0.05) is 0 Å². The zero-order valence-electron chi connectivity index (χ0n) is 7.20. The maximum absolute atomic E-state index is 8.56. The summed E-state index contributed by atoms with van der Waals surface area (Å²) in [5, 5.41) is 12.2. The maximum Gasteiger partial charge on any atom is 0.0878 e. The molecule has 1 aromatic heterocycles. The Morgan fingerprint density at radius 2 is 3.00 bits per heavy atom. The molecule has 0 spiro atoms. The molecule has 0 aliphatic heterocycles. The molecule has 0 radical (unpaired) electrons. The Morgan fingerprint density at radius 1 is 2.12 bits per heavy atom. The third-order valence-corrected chi connectivity index (χ3v) is 0.806. The second-order valence-corrected chi connectivity index (χ2v) is 1.41. The van der Waals surface area contributed by atoms with Gasteiger partial charge in [0.25, 0.3) is 0 Å². The lowest BCUT2D eigenvalue weighted by atomic mass is 10.5. The highest BCUT2D eigenvalue weighted by atomic mass is 16.3. The Hall–Kier alpha value is -0.830. The number of nitrogens with zero attached hydrogens (tertiary/aromatic N) is 2. The molecule has 44 valence electrons. The average molecular weight is 115 g/mol. The molecule has 0 aliphatic carbocycles. The van der Waals surface area contributed by atoms with Crippen molar-refractivity contribution in [1.82, 2.24) is 9.78 Å². The van der Waals surface area contributed by atoms with Gasteiger partial charge in [-0.15, -0.1) is 0 Å². The van der Waals surface area contributed by atoms with Gasteiger partial charge in [0.2, 0.25) is 0 Å². The quantitative estimate of drug-likeness (QED) is 0.555. The van der Waals surface area contributed by atoms with E-state index in [4.69, 9.17) is 9.22 Å². The molecule has 3 nitrogen and oxygen atoms in total. The molecule has 0 aliphatic rings. The summed E-state index contributed by atoms with van der Waals surface area (Å²) in [5.74, 6) is 0. The summed E-state index contributed by atoms with van der Waals surface area (Å²) in [6.45, 7) is -2.48. The summed E-state index contributed by atoms with van der Waals surface area (Å²) in [4.78, 5) is 0. The second-order valence-electron chi connectivity index (χ2n) is 1.41. The van der Waals surface area contributed by atoms with Gasteiger partial charge in [0, 0.05) is 17.3 Å². The predicted octanol–water partition coefficient (Wildman–Crippen LogP) is -0.0876. The number of aliphatic hydroxyl groups excluding tert-OH is 1. The van der Waals surface area contributed by atoms with Crippen molar-refractivity contribution in [2.45, 2.75) is 6.61 Å². The fraction of sp³-hybridized carbons (Fsp3) is 0.400. The molecule has 0 atom stereocenters. The highest BCUT2D eigenvalue weighted by molar-refractivity contribution is 4.95. The minimum atomic E-state index is -2.24. The summed E-state index contributed by atoms with van der Waals surface area (Å²) in [6, 6.07) is 1.46. The molecule has 0 fully saturated rings. The van der Waals surface area contributed by atoms with Gasteiger partial charge in [-0.3, -0.25) is 4.68 Å². The minimum Gasteiger partial charge on any atom is -0.390 e. The van der Waals surface area contributed by atoms with Crippen molar-refractivity contribution >= 4 is 0 Å². The van der Waals surface area contributed by atoms with Crippen LogP contribution in [0.1, 0.15) is 9.81 Å². The van der Waals surface area contributed by atoms with E-state index in [-0.39, 0.29) is 6.61 Å². The third-order valence-electron chi connectivity index (χ3n) is 0.806. The Morgan fingerprint density at radius 3 is 3.38 bits per heavy atom. The number of hydrogen-bond donors (Lipinski definition) is 1. The molecule has 0 unspecified atom stereocenters. The molecule has 3 heteroatoms. The van der Waals surface area contributed by atoms with E-state index in [2.05, 4.69) is 5.10 Å². The van der Waals surface area contributed by atoms with Crippen LogP contribution in [0.3, 0.4) is 0 Å². The molecular weight excluding hydrogens is 104 g/mol. The Bertz CT molecular complexity index is 242. The van der Waals surface area contributed by atoms with E-state index in [1.54, 1.807) is 0 Å². The van der Waals surface area contributed by atoms with E-state index < -0.39 is 6.98 Å². The number of hydrogen-bond acceptors (Lipinski definition) is 2. The summed E-state index contributed by atoms with van der Waals surface area (Å²) in [5.41, 5.74) is 0.362. The van der Waals surface area contributed by atoms with Crippen LogP contribution < -0.4 is 0 Å². The van der Waals surface area contributed by atoms with Crippen LogP contribution in [0.15, 0.2) is 12.3 Å². The topological polar surface area (TPSA) is 38.0 Å². The molecule has 1 heterocycles. The normalized spacial score (nSPS) is 16.9. The zero-order chi connectivity index (χ0) is 8.48. The molecule has 0 aromatic carbocycles. The van der Waals surface area contributed by atoms with Gasteiger partial charge in [-0.2, -0.15) is 5.10 Å². The van der Waals surface area contributed by atoms with Crippen LogP contribution in [0.5, 0.6) is 0 Å². The van der Waals surface area contributed by atoms with Crippen LogP contribution in [-0.2, 0) is 13.6 Å². The molecular formula is C5H8N2O. The van der Waals surface area contributed by atoms with Gasteiger partial charge in [-0.25, -0.2) is 0 Å². The van der Waals surface area contributed by atoms with E-state index in [0.717, 1.165) is 4.68 Å². The average Bonchev–Trinajstić information content (AvgIpc) is 2.32. The Kier molecular flexibility index (Phi) is 0.647. The van der Waals surface area contributed by atoms with Gasteiger partial charge in [0.15, 0.2) is 0 Å². The molecule has 1 aromatic rings. The first-order valence-corrected chi connectivity index (χ1v) is 2.20. The number of aromatic nitrogens is 2. The van der Waals surface area contributed by atoms with E-state index >= 15 is 0 Å². The first-order valence-electron chi connectivity index (χ1n) is 3.70. The first kappa shape index (κ1) is 2.64. The zero-order valence-corrected chi connectivity index (χ0v) is 4.20. The standard InChI is InChI=1S/C5H8N2O/c1-7-3-2-5(4-8)6-7/h2-3,8H,4H2,1H3/i1D3. The summed E-state index contributed by atoms with van der Waals surface area (Å²) < 4.78 is 21.6. The fourth-order valence-corrected chi connectivity index (χ4v) is 0.446. The first-order chi connectivity index (χ1) is 5.04. The number of aliphatic hydroxyl groups is 1. The fourth-order valence-electron chi connectivity index (χ4n) is 0.446. The van der Waals surface area contributed by atoms with Crippen molar-refractivity contribution in [3.63, 3.8) is 0 Å². The van der Waals surface area contributed by atoms with Crippen molar-refractivity contribution in [2.24, 2.45) is 6.98 Å². The molecule has 8 heavy (non-hydrogen) atoms. The minimum absolute atomic E-state index is 0.233. The monoisotopic (exact) mass is 115 g/mol. The molecule has 0 amide bonds. The van der Waals surface area contributed by atoms with Crippen molar-refractivity contribution < 1.29 is 9.22 Å². The molecule has 0 bridgehead atoms. The van der Waals surface area contributed by atoms with Crippen LogP contribution in [-0.4, -0.2) is 14.9 Å². The van der Waals surface area contributed by atoms with E-state index in [1.165, 1.54) is 12.3 Å². The highest BCUT2D eigenvalue weighted by Gasteiger charge is 1.89.